The molecule has 144 valence electrons. The first-order chi connectivity index (χ1) is 12.7. The van der Waals surface area contributed by atoms with Crippen LogP contribution < -0.4 is 5.32 Å². The predicted octanol–water partition coefficient (Wildman–Crippen LogP) is 1.64. The molecule has 0 spiro atoms. The van der Waals surface area contributed by atoms with Gasteiger partial charge >= 0.3 is 0 Å². The highest BCUT2D eigenvalue weighted by molar-refractivity contribution is 5.86. The van der Waals surface area contributed by atoms with E-state index in [1.807, 2.05) is 11.2 Å². The Balaban J connectivity index is 1.32. The molecule has 2 aliphatic carbocycles. The van der Waals surface area contributed by atoms with Crippen LogP contribution in [0.25, 0.3) is 0 Å². The monoisotopic (exact) mass is 361 g/mol. The summed E-state index contributed by atoms with van der Waals surface area (Å²) in [6.07, 6.45) is 11.9. The number of hydrogen-bond donors (Lipinski definition) is 2. The smallest absolute Gasteiger partial charge is 0.255 e. The first-order valence-electron chi connectivity index (χ1n) is 10.3. The Morgan fingerprint density at radius 2 is 2.00 bits per heavy atom. The zero-order valence-corrected chi connectivity index (χ0v) is 15.6. The third-order valence-corrected chi connectivity index (χ3v) is 6.20. The average molecular weight is 361 g/mol. The lowest BCUT2D eigenvalue weighted by molar-refractivity contribution is -0.156. The number of aromatic nitrogens is 3. The van der Waals surface area contributed by atoms with Crippen LogP contribution in [0.3, 0.4) is 0 Å². The van der Waals surface area contributed by atoms with E-state index in [2.05, 4.69) is 20.1 Å². The summed E-state index contributed by atoms with van der Waals surface area (Å²) in [4.78, 5) is 14.6. The summed E-state index contributed by atoms with van der Waals surface area (Å²) in [7, 11) is 0. The molecule has 26 heavy (non-hydrogen) atoms. The minimum atomic E-state index is -1.27. The zero-order chi connectivity index (χ0) is 18.0. The summed E-state index contributed by atoms with van der Waals surface area (Å²) in [5.74, 6) is 1.46. The number of amides is 1. The van der Waals surface area contributed by atoms with Crippen LogP contribution in [0.5, 0.6) is 0 Å². The second-order valence-corrected chi connectivity index (χ2v) is 8.38. The van der Waals surface area contributed by atoms with E-state index in [9.17, 15) is 9.90 Å². The van der Waals surface area contributed by atoms with Gasteiger partial charge in [0.25, 0.3) is 5.91 Å². The van der Waals surface area contributed by atoms with Gasteiger partial charge in [-0.2, -0.15) is 0 Å². The summed E-state index contributed by atoms with van der Waals surface area (Å²) < 4.78 is 2.18. The van der Waals surface area contributed by atoms with Crippen LogP contribution in [0.1, 0.15) is 69.7 Å². The summed E-state index contributed by atoms with van der Waals surface area (Å²) in [5, 5.41) is 22.5. The van der Waals surface area contributed by atoms with Crippen molar-refractivity contribution in [3.05, 3.63) is 12.2 Å². The molecule has 0 radical (unpaired) electrons. The van der Waals surface area contributed by atoms with Gasteiger partial charge in [0.1, 0.15) is 12.2 Å². The van der Waals surface area contributed by atoms with Crippen molar-refractivity contribution in [3.63, 3.8) is 0 Å². The van der Waals surface area contributed by atoms with Crippen molar-refractivity contribution >= 4 is 5.91 Å². The Kier molecular flexibility index (Phi) is 5.27. The van der Waals surface area contributed by atoms with Gasteiger partial charge in [0.05, 0.1) is 6.54 Å². The number of rotatable bonds is 7. The SMILES string of the molecule is O=C1N(CC2CC2)CCCC1(O)CNCc1nncn1C1CCCCC1. The fraction of sp³-hybridized carbons (Fsp3) is 0.842. The quantitative estimate of drug-likeness (QED) is 0.771. The van der Waals surface area contributed by atoms with Gasteiger partial charge in [0.2, 0.25) is 0 Å². The van der Waals surface area contributed by atoms with E-state index < -0.39 is 5.60 Å². The highest BCUT2D eigenvalue weighted by Crippen LogP contribution is 2.32. The molecule has 1 unspecified atom stereocenters. The van der Waals surface area contributed by atoms with Crippen LogP contribution in [0.4, 0.5) is 0 Å². The first kappa shape index (κ1) is 17.9. The molecule has 7 heteroatoms. The number of carbonyl (C=O) groups is 1. The lowest BCUT2D eigenvalue weighted by atomic mass is 9.91. The van der Waals surface area contributed by atoms with E-state index in [-0.39, 0.29) is 12.5 Å². The lowest BCUT2D eigenvalue weighted by Gasteiger charge is -2.38. The summed E-state index contributed by atoms with van der Waals surface area (Å²) in [6.45, 7) is 2.42. The highest BCUT2D eigenvalue weighted by atomic mass is 16.3. The van der Waals surface area contributed by atoms with Crippen LogP contribution in [0.2, 0.25) is 0 Å². The van der Waals surface area contributed by atoms with Crippen molar-refractivity contribution < 1.29 is 9.90 Å². The van der Waals surface area contributed by atoms with Gasteiger partial charge in [0, 0.05) is 25.7 Å². The number of nitrogens with zero attached hydrogens (tertiary/aromatic N) is 4. The Hall–Kier alpha value is -1.47. The fourth-order valence-electron chi connectivity index (χ4n) is 4.45. The van der Waals surface area contributed by atoms with Gasteiger partial charge in [0.15, 0.2) is 5.60 Å². The number of carbonyl (C=O) groups excluding carboxylic acids is 1. The van der Waals surface area contributed by atoms with E-state index >= 15 is 0 Å². The van der Waals surface area contributed by atoms with Crippen LogP contribution in [-0.2, 0) is 11.3 Å². The minimum Gasteiger partial charge on any atom is -0.379 e. The molecule has 3 aliphatic rings. The molecule has 2 heterocycles. The molecule has 2 saturated carbocycles. The standard InChI is InChI=1S/C19H31N5O2/c25-18-19(26,9-4-10-23(18)12-15-7-8-15)13-20-11-17-22-21-14-24(17)16-5-2-1-3-6-16/h14-16,20,26H,1-13H2. The lowest BCUT2D eigenvalue weighted by Crippen LogP contribution is -2.58. The van der Waals surface area contributed by atoms with Gasteiger partial charge < -0.3 is 19.9 Å². The maximum absolute atomic E-state index is 12.7. The molecule has 7 nitrogen and oxygen atoms in total. The molecular weight excluding hydrogens is 330 g/mol. The van der Waals surface area contributed by atoms with Gasteiger partial charge in [-0.1, -0.05) is 19.3 Å². The normalized spacial score (nSPS) is 27.9. The van der Waals surface area contributed by atoms with Crippen molar-refractivity contribution in [1.82, 2.24) is 25.0 Å². The van der Waals surface area contributed by atoms with Crippen molar-refractivity contribution in [2.75, 3.05) is 19.6 Å². The molecule has 2 N–H and O–H groups in total. The summed E-state index contributed by atoms with van der Waals surface area (Å²) in [5.41, 5.74) is -1.27. The van der Waals surface area contributed by atoms with E-state index in [0.29, 0.717) is 24.9 Å². The summed E-state index contributed by atoms with van der Waals surface area (Å²) in [6, 6.07) is 0.490. The maximum Gasteiger partial charge on any atom is 0.255 e. The molecule has 4 rings (SSSR count). The fourth-order valence-corrected chi connectivity index (χ4v) is 4.45. The zero-order valence-electron chi connectivity index (χ0n) is 15.6. The molecule has 3 fully saturated rings. The van der Waals surface area contributed by atoms with Crippen LogP contribution in [-0.4, -0.2) is 55.9 Å². The summed E-state index contributed by atoms with van der Waals surface area (Å²) >= 11 is 0. The van der Waals surface area contributed by atoms with E-state index in [0.717, 1.165) is 25.3 Å². The minimum absolute atomic E-state index is 0.100. The average Bonchev–Trinajstić information content (AvgIpc) is 3.35. The van der Waals surface area contributed by atoms with Crippen molar-refractivity contribution in [2.24, 2.45) is 5.92 Å². The van der Waals surface area contributed by atoms with Gasteiger partial charge in [-0.25, -0.2) is 0 Å². The molecule has 1 aromatic heterocycles. The number of nitrogens with one attached hydrogen (secondary N) is 1. The molecule has 0 bridgehead atoms. The molecule has 1 aromatic rings. The van der Waals surface area contributed by atoms with Gasteiger partial charge in [-0.15, -0.1) is 10.2 Å². The Labute approximate surface area is 155 Å². The molecule has 0 aromatic carbocycles. The Morgan fingerprint density at radius 3 is 2.77 bits per heavy atom. The molecule has 1 amide bonds. The number of aliphatic hydroxyl groups is 1. The number of piperidine rings is 1. The van der Waals surface area contributed by atoms with E-state index in [4.69, 9.17) is 0 Å². The molecule has 1 atom stereocenters. The topological polar surface area (TPSA) is 83.3 Å². The Morgan fingerprint density at radius 1 is 1.19 bits per heavy atom. The third-order valence-electron chi connectivity index (χ3n) is 6.20. The van der Waals surface area contributed by atoms with Crippen LogP contribution >= 0.6 is 0 Å². The third kappa shape index (κ3) is 3.93. The second-order valence-electron chi connectivity index (χ2n) is 8.38. The Bertz CT molecular complexity index is 623. The highest BCUT2D eigenvalue weighted by Gasteiger charge is 2.43. The van der Waals surface area contributed by atoms with Crippen molar-refractivity contribution in [1.29, 1.82) is 0 Å². The molecule has 1 aliphatic heterocycles. The van der Waals surface area contributed by atoms with Crippen molar-refractivity contribution in [2.45, 2.75) is 76.0 Å². The predicted molar refractivity (Wildman–Crippen MR) is 97.3 cm³/mol. The maximum atomic E-state index is 12.7. The van der Waals surface area contributed by atoms with E-state index in [1.165, 1.54) is 44.9 Å². The molecule has 1 saturated heterocycles. The number of likely N-dealkylation sites (tertiary alicyclic amines) is 1. The van der Waals surface area contributed by atoms with Crippen molar-refractivity contribution in [3.8, 4) is 0 Å². The largest absolute Gasteiger partial charge is 0.379 e. The van der Waals surface area contributed by atoms with Crippen LogP contribution in [0, 0.1) is 5.92 Å². The van der Waals surface area contributed by atoms with Gasteiger partial charge in [-0.05, 0) is 44.4 Å². The van der Waals surface area contributed by atoms with Crippen LogP contribution in [0.15, 0.2) is 6.33 Å². The van der Waals surface area contributed by atoms with E-state index in [1.54, 1.807) is 0 Å². The number of hydrogen-bond acceptors (Lipinski definition) is 5. The van der Waals surface area contributed by atoms with Gasteiger partial charge in [-0.3, -0.25) is 4.79 Å². The first-order valence-corrected chi connectivity index (χ1v) is 10.3. The second kappa shape index (κ2) is 7.64. The molecular formula is C19H31N5O2.